The smallest absolute Gasteiger partial charge is 0.375 e. The van der Waals surface area contributed by atoms with Crippen molar-refractivity contribution in [2.45, 2.75) is 38.5 Å². The summed E-state index contributed by atoms with van der Waals surface area (Å²) in [5.74, 6) is -6.17. The fraction of sp³-hybridized carbons (Fsp3) is 0.600. The second-order valence-corrected chi connectivity index (χ2v) is 6.59. The van der Waals surface area contributed by atoms with E-state index in [1.165, 1.54) is 14.2 Å². The lowest BCUT2D eigenvalue weighted by molar-refractivity contribution is 0.133. The molecular formula is C15H21F4O3Si. The average Bonchev–Trinajstić information content (AvgIpc) is 2.56. The Morgan fingerprint density at radius 3 is 2.09 bits per heavy atom. The minimum atomic E-state index is -1.76. The first kappa shape index (κ1) is 20.1. The van der Waals surface area contributed by atoms with Crippen LogP contribution in [0.2, 0.25) is 0 Å². The van der Waals surface area contributed by atoms with Crippen LogP contribution in [0.4, 0.5) is 17.6 Å². The molecule has 23 heavy (non-hydrogen) atoms. The molecule has 1 rings (SSSR count). The summed E-state index contributed by atoms with van der Waals surface area (Å²) >= 11 is 0. The molecule has 0 N–H and O–H groups in total. The summed E-state index contributed by atoms with van der Waals surface area (Å²) in [5.41, 5.74) is -0.128. The van der Waals surface area contributed by atoms with Gasteiger partial charge in [-0.05, 0) is 30.9 Å². The summed E-state index contributed by atoms with van der Waals surface area (Å²) in [6, 6.07) is 0.723. The molecule has 0 aromatic heterocycles. The van der Waals surface area contributed by atoms with E-state index in [2.05, 4.69) is 0 Å². The standard InChI is InChI=1S/C15H21F4O3Si/c1-20-23(21-2)22-9-7-5-3-4-6-8-11-10-12(16)14(18)15(19)13(11)17/h10H,3-9H2,1-2H3. The van der Waals surface area contributed by atoms with Crippen molar-refractivity contribution >= 4 is 9.53 Å². The van der Waals surface area contributed by atoms with E-state index in [4.69, 9.17) is 13.3 Å². The van der Waals surface area contributed by atoms with Gasteiger partial charge in [-0.15, -0.1) is 0 Å². The molecule has 0 amide bonds. The Bertz CT molecular complexity index is 484. The third-order valence-corrected chi connectivity index (χ3v) is 4.43. The van der Waals surface area contributed by atoms with Gasteiger partial charge in [0.25, 0.3) is 0 Å². The van der Waals surface area contributed by atoms with Crippen LogP contribution in [0.5, 0.6) is 0 Å². The molecular weight excluding hydrogens is 332 g/mol. The molecule has 0 aliphatic rings. The molecule has 0 saturated heterocycles. The molecule has 1 radical (unpaired) electrons. The maximum absolute atomic E-state index is 13.4. The quantitative estimate of drug-likeness (QED) is 0.198. The lowest BCUT2D eigenvalue weighted by Crippen LogP contribution is -2.24. The molecule has 0 bridgehead atoms. The number of aryl methyl sites for hydroxylation is 1. The molecule has 0 spiro atoms. The zero-order valence-corrected chi connectivity index (χ0v) is 14.3. The van der Waals surface area contributed by atoms with Gasteiger partial charge in [0.2, 0.25) is 0 Å². The van der Waals surface area contributed by atoms with Gasteiger partial charge >= 0.3 is 9.53 Å². The first-order valence-corrected chi connectivity index (χ1v) is 8.63. The Morgan fingerprint density at radius 2 is 1.43 bits per heavy atom. The van der Waals surface area contributed by atoms with Crippen LogP contribution in [0.15, 0.2) is 6.07 Å². The van der Waals surface area contributed by atoms with Crippen LogP contribution >= 0.6 is 0 Å². The van der Waals surface area contributed by atoms with Gasteiger partial charge < -0.3 is 13.3 Å². The summed E-state index contributed by atoms with van der Waals surface area (Å²) in [6.07, 6.45) is 4.18. The fourth-order valence-electron chi connectivity index (χ4n) is 2.11. The minimum Gasteiger partial charge on any atom is -0.375 e. The van der Waals surface area contributed by atoms with Gasteiger partial charge in [-0.1, -0.05) is 19.3 Å². The van der Waals surface area contributed by atoms with Gasteiger partial charge in [0.05, 0.1) is 0 Å². The highest BCUT2D eigenvalue weighted by Gasteiger charge is 2.18. The third-order valence-electron chi connectivity index (χ3n) is 3.32. The van der Waals surface area contributed by atoms with E-state index in [0.29, 0.717) is 13.0 Å². The van der Waals surface area contributed by atoms with E-state index in [-0.39, 0.29) is 12.0 Å². The Morgan fingerprint density at radius 1 is 0.826 bits per heavy atom. The zero-order chi connectivity index (χ0) is 17.2. The monoisotopic (exact) mass is 353 g/mol. The SMILES string of the molecule is CO[Si](OC)OCCCCCCCc1cc(F)c(F)c(F)c1F. The lowest BCUT2D eigenvalue weighted by atomic mass is 10.0. The Balaban J connectivity index is 2.19. The number of rotatable bonds is 11. The molecule has 0 heterocycles. The van der Waals surface area contributed by atoms with Crippen molar-refractivity contribution in [3.05, 3.63) is 34.9 Å². The largest absolute Gasteiger partial charge is 0.577 e. The summed E-state index contributed by atoms with van der Waals surface area (Å²) in [4.78, 5) is 0. The van der Waals surface area contributed by atoms with E-state index in [1.54, 1.807) is 0 Å². The van der Waals surface area contributed by atoms with Crippen LogP contribution in [0, 0.1) is 23.3 Å². The summed E-state index contributed by atoms with van der Waals surface area (Å²) in [7, 11) is 1.44. The molecule has 0 aliphatic carbocycles. The maximum atomic E-state index is 13.4. The molecule has 0 aliphatic heterocycles. The molecule has 0 fully saturated rings. The zero-order valence-electron chi connectivity index (χ0n) is 13.3. The molecule has 0 unspecified atom stereocenters. The van der Waals surface area contributed by atoms with Crippen molar-refractivity contribution < 1.29 is 30.8 Å². The summed E-state index contributed by atoms with van der Waals surface area (Å²) in [6.45, 7) is 0.541. The van der Waals surface area contributed by atoms with Crippen LogP contribution in [-0.4, -0.2) is 30.4 Å². The highest BCUT2D eigenvalue weighted by Crippen LogP contribution is 2.20. The highest BCUT2D eigenvalue weighted by molar-refractivity contribution is 6.36. The Labute approximate surface area is 135 Å². The first-order chi connectivity index (χ1) is 11.0. The van der Waals surface area contributed by atoms with Gasteiger partial charge in [0.1, 0.15) is 0 Å². The molecule has 3 nitrogen and oxygen atoms in total. The Kier molecular flexibility index (Phi) is 9.38. The molecule has 0 atom stereocenters. The fourth-order valence-corrected chi connectivity index (χ4v) is 2.82. The van der Waals surface area contributed by atoms with E-state index in [0.717, 1.165) is 31.7 Å². The van der Waals surface area contributed by atoms with Gasteiger partial charge in [0, 0.05) is 20.8 Å². The van der Waals surface area contributed by atoms with Crippen molar-refractivity contribution in [3.63, 3.8) is 0 Å². The van der Waals surface area contributed by atoms with Crippen molar-refractivity contribution in [1.82, 2.24) is 0 Å². The predicted octanol–water partition coefficient (Wildman–Crippen LogP) is 4.03. The molecule has 8 heteroatoms. The predicted molar refractivity (Wildman–Crippen MR) is 78.8 cm³/mol. The molecule has 0 saturated carbocycles. The molecule has 1 aromatic carbocycles. The average molecular weight is 353 g/mol. The second-order valence-electron chi connectivity index (χ2n) is 4.98. The van der Waals surface area contributed by atoms with Gasteiger partial charge in [0.15, 0.2) is 23.3 Å². The van der Waals surface area contributed by atoms with Gasteiger partial charge in [-0.3, -0.25) is 0 Å². The second kappa shape index (κ2) is 10.7. The highest BCUT2D eigenvalue weighted by atomic mass is 28.3. The van der Waals surface area contributed by atoms with Crippen LogP contribution in [0.3, 0.4) is 0 Å². The van der Waals surface area contributed by atoms with E-state index in [9.17, 15) is 17.6 Å². The topological polar surface area (TPSA) is 27.7 Å². The van der Waals surface area contributed by atoms with Gasteiger partial charge in [-0.25, -0.2) is 17.6 Å². The van der Waals surface area contributed by atoms with E-state index >= 15 is 0 Å². The summed E-state index contributed by atoms with van der Waals surface area (Å²) < 4.78 is 67.7. The van der Waals surface area contributed by atoms with Crippen molar-refractivity contribution in [3.8, 4) is 0 Å². The number of hydrogen-bond acceptors (Lipinski definition) is 3. The van der Waals surface area contributed by atoms with E-state index < -0.39 is 32.8 Å². The number of unbranched alkanes of at least 4 members (excludes halogenated alkanes) is 4. The van der Waals surface area contributed by atoms with Crippen LogP contribution in [0.1, 0.15) is 37.7 Å². The maximum Gasteiger partial charge on any atom is 0.577 e. The van der Waals surface area contributed by atoms with Gasteiger partial charge in [-0.2, -0.15) is 0 Å². The Hall–Kier alpha value is -0.963. The van der Waals surface area contributed by atoms with Crippen molar-refractivity contribution in [2.24, 2.45) is 0 Å². The first-order valence-electron chi connectivity index (χ1n) is 7.40. The summed E-state index contributed by atoms with van der Waals surface area (Å²) in [5, 5.41) is 0. The molecule has 131 valence electrons. The number of hydrogen-bond donors (Lipinski definition) is 0. The lowest BCUT2D eigenvalue weighted by Gasteiger charge is -2.09. The van der Waals surface area contributed by atoms with E-state index in [1.807, 2.05) is 0 Å². The van der Waals surface area contributed by atoms with Crippen LogP contribution in [-0.2, 0) is 19.7 Å². The van der Waals surface area contributed by atoms with Crippen molar-refractivity contribution in [1.29, 1.82) is 0 Å². The third kappa shape index (κ3) is 6.58. The minimum absolute atomic E-state index is 0.128. The molecule has 1 aromatic rings. The van der Waals surface area contributed by atoms with Crippen LogP contribution < -0.4 is 0 Å². The van der Waals surface area contributed by atoms with Crippen LogP contribution in [0.25, 0.3) is 0 Å². The normalized spacial score (nSPS) is 11.4. The number of benzene rings is 1. The number of halogens is 4. The van der Waals surface area contributed by atoms with Crippen molar-refractivity contribution in [2.75, 3.05) is 20.8 Å².